The van der Waals surface area contributed by atoms with Crippen molar-refractivity contribution >= 4 is 21.9 Å². The number of esters is 1. The molecule has 1 heterocycles. The quantitative estimate of drug-likeness (QED) is 0.477. The third kappa shape index (κ3) is 3.85. The van der Waals surface area contributed by atoms with Gasteiger partial charge in [-0.2, -0.15) is 13.2 Å². The van der Waals surface area contributed by atoms with Crippen LogP contribution in [0.2, 0.25) is 0 Å². The Labute approximate surface area is 112 Å². The Morgan fingerprint density at radius 3 is 2.47 bits per heavy atom. The zero-order valence-electron chi connectivity index (χ0n) is 9.39. The molecule has 106 valence electrons. The van der Waals surface area contributed by atoms with Crippen molar-refractivity contribution in [3.05, 3.63) is 27.5 Å². The van der Waals surface area contributed by atoms with E-state index in [2.05, 4.69) is 25.7 Å². The van der Waals surface area contributed by atoms with Gasteiger partial charge in [-0.1, -0.05) is 0 Å². The predicted octanol–water partition coefficient (Wildman–Crippen LogP) is 3.52. The summed E-state index contributed by atoms with van der Waals surface area (Å²) < 4.78 is 67.6. The van der Waals surface area contributed by atoms with Crippen LogP contribution in [-0.2, 0) is 22.1 Å². The fourth-order valence-electron chi connectivity index (χ4n) is 1.39. The molecule has 0 amide bonds. The maximum atomic E-state index is 12.8. The summed E-state index contributed by atoms with van der Waals surface area (Å²) in [6.07, 6.45) is -9.04. The van der Waals surface area contributed by atoms with Gasteiger partial charge in [-0.05, 0) is 22.0 Å². The summed E-state index contributed by atoms with van der Waals surface area (Å²) in [7, 11) is 0.948. The van der Waals surface area contributed by atoms with Crippen LogP contribution in [0.25, 0.3) is 0 Å². The Balaban J connectivity index is 3.47. The van der Waals surface area contributed by atoms with E-state index >= 15 is 0 Å². The van der Waals surface area contributed by atoms with Gasteiger partial charge in [0.05, 0.1) is 13.5 Å². The van der Waals surface area contributed by atoms with E-state index in [1.807, 2.05) is 0 Å². The minimum atomic E-state index is -4.95. The molecular formula is C10H7BrF5NO2. The average Bonchev–Trinajstić information content (AvgIpc) is 2.28. The number of alkyl halides is 5. The molecule has 9 heteroatoms. The van der Waals surface area contributed by atoms with Crippen LogP contribution in [0.3, 0.4) is 0 Å². The summed E-state index contributed by atoms with van der Waals surface area (Å²) in [5.41, 5.74) is -3.31. The Bertz CT molecular complexity index is 490. The predicted molar refractivity (Wildman–Crippen MR) is 57.6 cm³/mol. The molecule has 0 aliphatic carbocycles. The zero-order chi connectivity index (χ0) is 14.8. The molecule has 0 spiro atoms. The molecule has 0 aliphatic rings. The fraction of sp³-hybridized carbons (Fsp3) is 0.400. The number of carbonyl (C=O) groups is 1. The first-order chi connectivity index (χ1) is 8.66. The third-order valence-corrected chi connectivity index (χ3v) is 2.59. The van der Waals surface area contributed by atoms with E-state index in [9.17, 15) is 26.7 Å². The summed E-state index contributed by atoms with van der Waals surface area (Å²) in [5.74, 6) is -1.06. The van der Waals surface area contributed by atoms with Crippen LogP contribution in [-0.4, -0.2) is 18.1 Å². The molecule has 1 rings (SSSR count). The van der Waals surface area contributed by atoms with Crippen molar-refractivity contribution in [2.45, 2.75) is 19.0 Å². The molecule has 0 aliphatic heterocycles. The van der Waals surface area contributed by atoms with Gasteiger partial charge in [0, 0.05) is 11.1 Å². The molecule has 19 heavy (non-hydrogen) atoms. The Morgan fingerprint density at radius 2 is 2.05 bits per heavy atom. The number of hydrogen-bond donors (Lipinski definition) is 0. The maximum Gasteiger partial charge on any atom is 0.433 e. The Kier molecular flexibility index (Phi) is 4.83. The van der Waals surface area contributed by atoms with Crippen LogP contribution in [0.5, 0.6) is 0 Å². The van der Waals surface area contributed by atoms with Crippen LogP contribution in [0, 0.1) is 0 Å². The number of carbonyl (C=O) groups excluding carboxylic acids is 1. The normalized spacial score (nSPS) is 11.8. The van der Waals surface area contributed by atoms with Gasteiger partial charge in [-0.3, -0.25) is 4.79 Å². The van der Waals surface area contributed by atoms with Gasteiger partial charge >= 0.3 is 12.1 Å². The molecular weight excluding hydrogens is 341 g/mol. The third-order valence-electron chi connectivity index (χ3n) is 2.18. The first-order valence-corrected chi connectivity index (χ1v) is 5.57. The lowest BCUT2D eigenvalue weighted by atomic mass is 10.0. The summed E-state index contributed by atoms with van der Waals surface area (Å²) >= 11 is 2.63. The topological polar surface area (TPSA) is 39.2 Å². The van der Waals surface area contributed by atoms with Crippen molar-refractivity contribution in [3.63, 3.8) is 0 Å². The van der Waals surface area contributed by atoms with Crippen LogP contribution < -0.4 is 0 Å². The summed E-state index contributed by atoms with van der Waals surface area (Å²) in [4.78, 5) is 14.2. The van der Waals surface area contributed by atoms with E-state index < -0.39 is 41.8 Å². The van der Waals surface area contributed by atoms with Gasteiger partial charge in [0.25, 0.3) is 6.43 Å². The maximum absolute atomic E-state index is 12.8. The molecule has 1 aromatic rings. The molecule has 0 radical (unpaired) electrons. The number of nitrogens with zero attached hydrogens (tertiary/aromatic N) is 1. The van der Waals surface area contributed by atoms with Crippen LogP contribution in [0.4, 0.5) is 22.0 Å². The number of aromatic nitrogens is 1. The molecule has 0 bridgehead atoms. The highest BCUT2D eigenvalue weighted by molar-refractivity contribution is 9.10. The van der Waals surface area contributed by atoms with E-state index in [1.165, 1.54) is 0 Å². The smallest absolute Gasteiger partial charge is 0.433 e. The molecule has 0 fully saturated rings. The Hall–Kier alpha value is -1.25. The minimum Gasteiger partial charge on any atom is -0.469 e. The number of ether oxygens (including phenoxy) is 1. The first-order valence-electron chi connectivity index (χ1n) is 4.78. The van der Waals surface area contributed by atoms with E-state index in [4.69, 9.17) is 0 Å². The van der Waals surface area contributed by atoms with Gasteiger partial charge in [0.2, 0.25) is 0 Å². The number of pyridine rings is 1. The Morgan fingerprint density at radius 1 is 1.47 bits per heavy atom. The SMILES string of the molecule is COC(=O)Cc1c(C(F)F)cc(Br)nc1C(F)(F)F. The highest BCUT2D eigenvalue weighted by Gasteiger charge is 2.38. The highest BCUT2D eigenvalue weighted by atomic mass is 79.9. The van der Waals surface area contributed by atoms with Crippen LogP contribution in [0.15, 0.2) is 10.7 Å². The van der Waals surface area contributed by atoms with Crippen molar-refractivity contribution < 1.29 is 31.5 Å². The summed E-state index contributed by atoms with van der Waals surface area (Å²) in [6.45, 7) is 0. The number of methoxy groups -OCH3 is 1. The lowest BCUT2D eigenvalue weighted by Gasteiger charge is -2.15. The van der Waals surface area contributed by atoms with Crippen molar-refractivity contribution in [2.24, 2.45) is 0 Å². The molecule has 1 aromatic heterocycles. The molecule has 0 N–H and O–H groups in total. The second kappa shape index (κ2) is 5.81. The van der Waals surface area contributed by atoms with Crippen molar-refractivity contribution in [1.82, 2.24) is 4.98 Å². The molecule has 3 nitrogen and oxygen atoms in total. The second-order valence-electron chi connectivity index (χ2n) is 3.41. The van der Waals surface area contributed by atoms with E-state index in [0.717, 1.165) is 13.2 Å². The van der Waals surface area contributed by atoms with Crippen molar-refractivity contribution in [2.75, 3.05) is 7.11 Å². The van der Waals surface area contributed by atoms with E-state index in [1.54, 1.807) is 0 Å². The average molecular weight is 348 g/mol. The molecule has 0 saturated heterocycles. The largest absolute Gasteiger partial charge is 0.469 e. The minimum absolute atomic E-state index is 0.385. The summed E-state index contributed by atoms with van der Waals surface area (Å²) in [5, 5.41) is 0. The van der Waals surface area contributed by atoms with Crippen molar-refractivity contribution in [1.29, 1.82) is 0 Å². The van der Waals surface area contributed by atoms with E-state index in [-0.39, 0.29) is 4.60 Å². The molecule has 0 unspecified atom stereocenters. The van der Waals surface area contributed by atoms with Gasteiger partial charge in [-0.25, -0.2) is 13.8 Å². The fourth-order valence-corrected chi connectivity index (χ4v) is 1.81. The second-order valence-corrected chi connectivity index (χ2v) is 4.23. The molecule has 0 aromatic carbocycles. The molecule has 0 atom stereocenters. The van der Waals surface area contributed by atoms with E-state index in [0.29, 0.717) is 0 Å². The number of rotatable bonds is 3. The number of hydrogen-bond acceptors (Lipinski definition) is 3. The number of halogens is 6. The lowest BCUT2D eigenvalue weighted by molar-refractivity contribution is -0.143. The van der Waals surface area contributed by atoms with Gasteiger partial charge in [-0.15, -0.1) is 0 Å². The highest BCUT2D eigenvalue weighted by Crippen LogP contribution is 2.36. The van der Waals surface area contributed by atoms with Crippen LogP contribution in [0.1, 0.15) is 23.2 Å². The zero-order valence-corrected chi connectivity index (χ0v) is 11.0. The van der Waals surface area contributed by atoms with Crippen molar-refractivity contribution in [3.8, 4) is 0 Å². The monoisotopic (exact) mass is 347 g/mol. The van der Waals surface area contributed by atoms with Crippen LogP contribution >= 0.6 is 15.9 Å². The van der Waals surface area contributed by atoms with Gasteiger partial charge in [0.1, 0.15) is 10.3 Å². The van der Waals surface area contributed by atoms with Gasteiger partial charge in [0.15, 0.2) is 0 Å². The molecule has 0 saturated carbocycles. The first kappa shape index (κ1) is 15.8. The summed E-state index contributed by atoms with van der Waals surface area (Å²) in [6, 6.07) is 0.748. The standard InChI is InChI=1S/C10H7BrF5NO2/c1-19-7(18)3-4-5(9(12)13)2-6(11)17-8(4)10(14,15)16/h2,9H,3H2,1H3. The lowest BCUT2D eigenvalue weighted by Crippen LogP contribution is -2.18. The van der Waals surface area contributed by atoms with Gasteiger partial charge < -0.3 is 4.74 Å².